The van der Waals surface area contributed by atoms with Crippen molar-refractivity contribution in [2.45, 2.75) is 87.5 Å². The van der Waals surface area contributed by atoms with Crippen LogP contribution in [0.1, 0.15) is 87.5 Å². The van der Waals surface area contributed by atoms with Gasteiger partial charge in [-0.25, -0.2) is 0 Å². The van der Waals surface area contributed by atoms with Crippen molar-refractivity contribution in [3.8, 4) is 0 Å². The Morgan fingerprint density at radius 3 is 1.38 bits per heavy atom. The molecule has 9 heteroatoms. The van der Waals surface area contributed by atoms with E-state index in [1.165, 1.54) is 4.90 Å². The number of likely N-dealkylation sites (tertiary alicyclic amines) is 1. The van der Waals surface area contributed by atoms with E-state index in [-0.39, 0.29) is 110 Å². The molecule has 0 N–H and O–H groups in total. The van der Waals surface area contributed by atoms with Crippen LogP contribution in [0.2, 0.25) is 0 Å². The lowest BCUT2D eigenvalue weighted by atomic mass is 9.79. The van der Waals surface area contributed by atoms with Crippen LogP contribution in [-0.2, 0) is 38.2 Å². The van der Waals surface area contributed by atoms with Crippen LogP contribution in [0.15, 0.2) is 0 Å². The summed E-state index contributed by atoms with van der Waals surface area (Å²) in [6.07, 6.45) is 1.28. The van der Waals surface area contributed by atoms with Crippen LogP contribution in [-0.4, -0.2) is 60.0 Å². The van der Waals surface area contributed by atoms with Crippen molar-refractivity contribution in [3.05, 3.63) is 0 Å². The van der Waals surface area contributed by atoms with Crippen molar-refractivity contribution in [2.75, 3.05) is 19.8 Å². The number of esters is 2. The maximum absolute atomic E-state index is 12.8. The fourth-order valence-corrected chi connectivity index (χ4v) is 6.35. The summed E-state index contributed by atoms with van der Waals surface area (Å²) < 4.78 is 10.5. The van der Waals surface area contributed by atoms with E-state index in [4.69, 9.17) is 9.47 Å². The summed E-state index contributed by atoms with van der Waals surface area (Å²) in [6, 6.07) is 0. The van der Waals surface area contributed by atoms with Crippen molar-refractivity contribution >= 4 is 35.3 Å². The molecular weight excluding hydrogens is 514 g/mol. The lowest BCUT2D eigenvalue weighted by Gasteiger charge is -2.23. The fraction of sp³-hybridized carbons (Fsp3) is 0.806. The average Bonchev–Trinajstić information content (AvgIpc) is 3.26. The number of hydrogen-bond donors (Lipinski definition) is 0. The van der Waals surface area contributed by atoms with Crippen molar-refractivity contribution in [1.82, 2.24) is 4.90 Å². The summed E-state index contributed by atoms with van der Waals surface area (Å²) in [7, 11) is 0. The Bertz CT molecular complexity index is 825. The fourth-order valence-electron chi connectivity index (χ4n) is 6.35. The number of unbranched alkanes of at least 4 members (excludes halogenated alkanes) is 1. The summed E-state index contributed by atoms with van der Waals surface area (Å²) in [4.78, 5) is 76.7. The Morgan fingerprint density at radius 2 is 1.00 bits per heavy atom. The van der Waals surface area contributed by atoms with Crippen molar-refractivity contribution in [1.29, 1.82) is 0 Å². The second-order valence-electron chi connectivity index (χ2n) is 12.7. The van der Waals surface area contributed by atoms with E-state index in [0.717, 1.165) is 0 Å². The van der Waals surface area contributed by atoms with E-state index in [9.17, 15) is 28.8 Å². The van der Waals surface area contributed by atoms with E-state index in [1.54, 1.807) is 0 Å². The van der Waals surface area contributed by atoms with E-state index in [1.807, 2.05) is 55.4 Å². The van der Waals surface area contributed by atoms with Gasteiger partial charge >= 0.3 is 11.9 Å². The first-order valence-electron chi connectivity index (χ1n) is 14.9. The average molecular weight is 564 g/mol. The zero-order valence-electron chi connectivity index (χ0n) is 25.6. The topological polar surface area (TPSA) is 124 Å². The molecular formula is C31H49NO8. The van der Waals surface area contributed by atoms with Crippen LogP contribution in [0.3, 0.4) is 0 Å². The first-order valence-corrected chi connectivity index (χ1v) is 14.9. The van der Waals surface area contributed by atoms with Gasteiger partial charge in [0.2, 0.25) is 11.8 Å². The van der Waals surface area contributed by atoms with Gasteiger partial charge in [0.15, 0.2) is 0 Å². The molecule has 4 atom stereocenters. The van der Waals surface area contributed by atoms with Crippen LogP contribution in [0, 0.1) is 53.3 Å². The molecule has 226 valence electrons. The molecule has 1 aliphatic carbocycles. The van der Waals surface area contributed by atoms with Gasteiger partial charge in [-0.2, -0.15) is 0 Å². The molecule has 2 aliphatic rings. The molecule has 0 aromatic carbocycles. The first kappa shape index (κ1) is 33.6. The normalized spacial score (nSPS) is 25.3. The summed E-state index contributed by atoms with van der Waals surface area (Å²) >= 11 is 0. The third kappa shape index (κ3) is 8.00. The monoisotopic (exact) mass is 563 g/mol. The number of imide groups is 1. The van der Waals surface area contributed by atoms with Crippen LogP contribution in [0.25, 0.3) is 0 Å². The van der Waals surface area contributed by atoms with Gasteiger partial charge in [0.25, 0.3) is 0 Å². The standard InChI is InChI=1S/C31H49NO8/c1-17(2)24-25(18(3)4)29(36)21(28(24)35)13-15-39-22(33)11-9-10-12-23(34)40-16-14-32-30(37)26(19(5)6)27(20(7)8)31(32)38/h17-21,24-27H,9-16H2,1-8H3. The Morgan fingerprint density at radius 1 is 0.625 bits per heavy atom. The Hall–Kier alpha value is -2.58. The number of carbonyl (C=O) groups excluding carboxylic acids is 6. The predicted molar refractivity (Wildman–Crippen MR) is 149 cm³/mol. The Labute approximate surface area is 239 Å². The van der Waals surface area contributed by atoms with Gasteiger partial charge in [-0.05, 0) is 42.9 Å². The maximum atomic E-state index is 12.8. The first-order chi connectivity index (χ1) is 18.7. The lowest BCUT2D eigenvalue weighted by Crippen LogP contribution is -2.35. The minimum absolute atomic E-state index is 0.0158. The van der Waals surface area contributed by atoms with Gasteiger partial charge in [-0.3, -0.25) is 33.7 Å². The van der Waals surface area contributed by atoms with E-state index in [2.05, 4.69) is 0 Å². The molecule has 0 spiro atoms. The molecule has 1 heterocycles. The van der Waals surface area contributed by atoms with Gasteiger partial charge in [-0.1, -0.05) is 55.4 Å². The molecule has 0 aromatic heterocycles. The van der Waals surface area contributed by atoms with Gasteiger partial charge in [0.05, 0.1) is 30.9 Å². The number of ether oxygens (including phenoxy) is 2. The smallest absolute Gasteiger partial charge is 0.305 e. The number of nitrogens with zero attached hydrogens (tertiary/aromatic N) is 1. The highest BCUT2D eigenvalue weighted by atomic mass is 16.5. The van der Waals surface area contributed by atoms with Crippen LogP contribution in [0.5, 0.6) is 0 Å². The maximum Gasteiger partial charge on any atom is 0.305 e. The molecule has 1 saturated heterocycles. The molecule has 2 amide bonds. The van der Waals surface area contributed by atoms with Crippen LogP contribution < -0.4 is 0 Å². The number of amides is 2. The number of rotatable bonds is 15. The second-order valence-corrected chi connectivity index (χ2v) is 12.7. The Kier molecular flexibility index (Phi) is 12.5. The number of hydrogen-bond acceptors (Lipinski definition) is 8. The minimum atomic E-state index is -0.707. The molecule has 9 nitrogen and oxygen atoms in total. The molecule has 0 radical (unpaired) electrons. The molecule has 2 rings (SSSR count). The van der Waals surface area contributed by atoms with Gasteiger partial charge in [0.1, 0.15) is 18.2 Å². The van der Waals surface area contributed by atoms with E-state index < -0.39 is 17.9 Å². The number of ketones is 2. The third-order valence-corrected chi connectivity index (χ3v) is 8.35. The zero-order chi connectivity index (χ0) is 30.3. The second kappa shape index (κ2) is 14.9. The summed E-state index contributed by atoms with van der Waals surface area (Å²) in [5, 5.41) is 0. The van der Waals surface area contributed by atoms with E-state index >= 15 is 0 Å². The van der Waals surface area contributed by atoms with Gasteiger partial charge in [0, 0.05) is 24.7 Å². The van der Waals surface area contributed by atoms with Crippen LogP contribution >= 0.6 is 0 Å². The number of carbonyl (C=O) groups is 6. The molecule has 2 fully saturated rings. The van der Waals surface area contributed by atoms with Crippen molar-refractivity contribution < 1.29 is 38.2 Å². The zero-order valence-corrected chi connectivity index (χ0v) is 25.6. The van der Waals surface area contributed by atoms with Crippen LogP contribution in [0.4, 0.5) is 0 Å². The molecule has 1 saturated carbocycles. The van der Waals surface area contributed by atoms with Gasteiger partial charge < -0.3 is 9.47 Å². The highest BCUT2D eigenvalue weighted by Gasteiger charge is 2.51. The largest absolute Gasteiger partial charge is 0.466 e. The molecule has 40 heavy (non-hydrogen) atoms. The predicted octanol–water partition coefficient (Wildman–Crippen LogP) is 4.25. The molecule has 0 aromatic rings. The van der Waals surface area contributed by atoms with E-state index in [0.29, 0.717) is 12.8 Å². The highest BCUT2D eigenvalue weighted by molar-refractivity contribution is 6.11. The summed E-state index contributed by atoms with van der Waals surface area (Å²) in [5.74, 6) is -3.06. The van der Waals surface area contributed by atoms with Crippen molar-refractivity contribution in [3.63, 3.8) is 0 Å². The lowest BCUT2D eigenvalue weighted by molar-refractivity contribution is -0.149. The Balaban J connectivity index is 1.65. The summed E-state index contributed by atoms with van der Waals surface area (Å²) in [6.45, 7) is 15.6. The highest BCUT2D eigenvalue weighted by Crippen LogP contribution is 2.40. The number of Topliss-reactive ketones (excluding diaryl/α,β-unsaturated/α-hetero) is 2. The molecule has 1 aliphatic heterocycles. The SMILES string of the molecule is CC(C)C1C(=O)C(CCOC(=O)CCCCC(=O)OCCN2C(=O)C(C(C)C)C(C(C)C)C2=O)C(=O)C1C(C)C. The van der Waals surface area contributed by atoms with Gasteiger partial charge in [-0.15, -0.1) is 0 Å². The minimum Gasteiger partial charge on any atom is -0.466 e. The quantitative estimate of drug-likeness (QED) is 0.125. The third-order valence-electron chi connectivity index (χ3n) is 8.35. The molecule has 0 bridgehead atoms. The molecule has 4 unspecified atom stereocenters. The van der Waals surface area contributed by atoms with Crippen molar-refractivity contribution in [2.24, 2.45) is 53.3 Å². The summed E-state index contributed by atoms with van der Waals surface area (Å²) in [5.41, 5.74) is 0.